The summed E-state index contributed by atoms with van der Waals surface area (Å²) in [6, 6.07) is -0.0723. The van der Waals surface area contributed by atoms with Gasteiger partial charge in [-0.15, -0.1) is 0 Å². The Bertz CT molecular complexity index is 327. The van der Waals surface area contributed by atoms with Crippen molar-refractivity contribution in [3.63, 3.8) is 0 Å². The predicted octanol–water partition coefficient (Wildman–Crippen LogP) is 2.91. The standard InChI is InChI=1S/C13H22ClNO4/c1-13(2,3)19-12(17)15-8-4-5-10(15)6-7-11(16)18-9-14/h10H,4-9H2,1-3H3/t10-/m0/s1. The van der Waals surface area contributed by atoms with Crippen LogP contribution in [0.25, 0.3) is 0 Å². The largest absolute Gasteiger partial charge is 0.449 e. The zero-order valence-electron chi connectivity index (χ0n) is 11.8. The number of halogens is 1. The molecular weight excluding hydrogens is 270 g/mol. The minimum atomic E-state index is -0.498. The molecule has 0 unspecified atom stereocenters. The molecular formula is C13H22ClNO4. The van der Waals surface area contributed by atoms with Crippen LogP contribution in [-0.4, -0.2) is 41.2 Å². The number of nitrogens with zero attached hydrogens (tertiary/aromatic N) is 1. The molecule has 6 heteroatoms. The van der Waals surface area contributed by atoms with E-state index < -0.39 is 5.60 Å². The fourth-order valence-electron chi connectivity index (χ4n) is 2.11. The number of carbonyl (C=O) groups excluding carboxylic acids is 2. The summed E-state index contributed by atoms with van der Waals surface area (Å²) in [6.07, 6.45) is 2.40. The van der Waals surface area contributed by atoms with Gasteiger partial charge in [0.15, 0.2) is 6.07 Å². The minimum absolute atomic E-state index is 0.0534. The summed E-state index contributed by atoms with van der Waals surface area (Å²) in [7, 11) is 0. The van der Waals surface area contributed by atoms with Crippen molar-refractivity contribution < 1.29 is 19.1 Å². The van der Waals surface area contributed by atoms with Gasteiger partial charge in [0, 0.05) is 19.0 Å². The molecule has 1 atom stereocenters. The van der Waals surface area contributed by atoms with Crippen molar-refractivity contribution in [2.45, 2.75) is 58.1 Å². The lowest BCUT2D eigenvalue weighted by Gasteiger charge is -2.28. The Labute approximate surface area is 119 Å². The van der Waals surface area contributed by atoms with Gasteiger partial charge in [-0.1, -0.05) is 11.6 Å². The van der Waals surface area contributed by atoms with Crippen LogP contribution in [0.1, 0.15) is 46.5 Å². The van der Waals surface area contributed by atoms with Gasteiger partial charge in [0.25, 0.3) is 0 Å². The molecule has 0 aliphatic carbocycles. The van der Waals surface area contributed by atoms with Gasteiger partial charge in [0.05, 0.1) is 0 Å². The van der Waals surface area contributed by atoms with Gasteiger partial charge in [-0.3, -0.25) is 4.79 Å². The summed E-state index contributed by atoms with van der Waals surface area (Å²) < 4.78 is 10.0. The van der Waals surface area contributed by atoms with Crippen molar-refractivity contribution >= 4 is 23.7 Å². The van der Waals surface area contributed by atoms with E-state index in [1.54, 1.807) is 4.90 Å². The number of hydrogen-bond donors (Lipinski definition) is 0. The van der Waals surface area contributed by atoms with Crippen LogP contribution in [0.15, 0.2) is 0 Å². The van der Waals surface area contributed by atoms with E-state index in [-0.39, 0.29) is 30.6 Å². The van der Waals surface area contributed by atoms with Crippen LogP contribution < -0.4 is 0 Å². The second kappa shape index (κ2) is 6.98. The summed E-state index contributed by atoms with van der Waals surface area (Å²) in [4.78, 5) is 25.0. The molecule has 5 nitrogen and oxygen atoms in total. The highest BCUT2D eigenvalue weighted by atomic mass is 35.5. The number of alkyl halides is 1. The molecule has 1 saturated heterocycles. The van der Waals surface area contributed by atoms with Gasteiger partial charge in [-0.05, 0) is 40.0 Å². The number of ether oxygens (including phenoxy) is 2. The highest BCUT2D eigenvalue weighted by molar-refractivity contribution is 6.17. The van der Waals surface area contributed by atoms with Crippen molar-refractivity contribution in [1.29, 1.82) is 0 Å². The van der Waals surface area contributed by atoms with E-state index >= 15 is 0 Å². The number of hydrogen-bond acceptors (Lipinski definition) is 4. The molecule has 1 heterocycles. The number of esters is 1. The van der Waals surface area contributed by atoms with Crippen LogP contribution >= 0.6 is 11.6 Å². The fraction of sp³-hybridized carbons (Fsp3) is 0.846. The maximum Gasteiger partial charge on any atom is 0.410 e. The molecule has 19 heavy (non-hydrogen) atoms. The quantitative estimate of drug-likeness (QED) is 0.590. The van der Waals surface area contributed by atoms with E-state index in [0.29, 0.717) is 13.0 Å². The van der Waals surface area contributed by atoms with E-state index in [1.807, 2.05) is 20.8 Å². The molecule has 0 aromatic rings. The van der Waals surface area contributed by atoms with Gasteiger partial charge in [0.2, 0.25) is 0 Å². The zero-order chi connectivity index (χ0) is 14.5. The highest BCUT2D eigenvalue weighted by Gasteiger charge is 2.32. The predicted molar refractivity (Wildman–Crippen MR) is 72.0 cm³/mol. The van der Waals surface area contributed by atoms with Gasteiger partial charge in [-0.25, -0.2) is 4.79 Å². The fourth-order valence-corrected chi connectivity index (χ4v) is 2.24. The molecule has 0 radical (unpaired) electrons. The van der Waals surface area contributed by atoms with Crippen LogP contribution in [0, 0.1) is 0 Å². The Kier molecular flexibility index (Phi) is 5.91. The van der Waals surface area contributed by atoms with Crippen molar-refractivity contribution in [2.75, 3.05) is 12.6 Å². The van der Waals surface area contributed by atoms with Crippen molar-refractivity contribution in [1.82, 2.24) is 4.90 Å². The lowest BCUT2D eigenvalue weighted by Crippen LogP contribution is -2.40. The normalized spacial score (nSPS) is 19.4. The molecule has 1 amide bonds. The van der Waals surface area contributed by atoms with Crippen LogP contribution in [0.3, 0.4) is 0 Å². The van der Waals surface area contributed by atoms with Gasteiger partial charge >= 0.3 is 12.1 Å². The summed E-state index contributed by atoms with van der Waals surface area (Å²) in [6.45, 7) is 6.21. The van der Waals surface area contributed by atoms with E-state index in [1.165, 1.54) is 0 Å². The molecule has 0 aromatic heterocycles. The van der Waals surface area contributed by atoms with Gasteiger partial charge in [0.1, 0.15) is 5.60 Å². The van der Waals surface area contributed by atoms with Crippen LogP contribution in [0.5, 0.6) is 0 Å². The maximum absolute atomic E-state index is 12.0. The molecule has 1 aliphatic heterocycles. The highest BCUT2D eigenvalue weighted by Crippen LogP contribution is 2.24. The molecule has 1 rings (SSSR count). The van der Waals surface area contributed by atoms with Crippen molar-refractivity contribution in [3.05, 3.63) is 0 Å². The molecule has 1 fully saturated rings. The molecule has 0 spiro atoms. The average Bonchev–Trinajstić information content (AvgIpc) is 2.72. The molecule has 0 N–H and O–H groups in total. The summed E-state index contributed by atoms with van der Waals surface area (Å²) >= 11 is 5.32. The van der Waals surface area contributed by atoms with Crippen LogP contribution in [-0.2, 0) is 14.3 Å². The van der Waals surface area contributed by atoms with E-state index in [2.05, 4.69) is 4.74 Å². The van der Waals surface area contributed by atoms with Gasteiger partial charge < -0.3 is 14.4 Å². The lowest BCUT2D eigenvalue weighted by molar-refractivity contribution is -0.142. The summed E-state index contributed by atoms with van der Waals surface area (Å²) in [5.41, 5.74) is -0.498. The third-order valence-electron chi connectivity index (χ3n) is 2.90. The Morgan fingerprint density at radius 1 is 1.37 bits per heavy atom. The molecule has 0 aromatic carbocycles. The first-order chi connectivity index (χ1) is 8.83. The first kappa shape index (κ1) is 16.1. The maximum atomic E-state index is 12.0. The van der Waals surface area contributed by atoms with E-state index in [4.69, 9.17) is 16.3 Å². The third-order valence-corrected chi connectivity index (χ3v) is 3.01. The number of carbonyl (C=O) groups is 2. The Balaban J connectivity index is 2.45. The Morgan fingerprint density at radius 3 is 2.63 bits per heavy atom. The second-order valence-electron chi connectivity index (χ2n) is 5.63. The first-order valence-corrected chi connectivity index (χ1v) is 7.08. The van der Waals surface area contributed by atoms with E-state index in [9.17, 15) is 9.59 Å². The minimum Gasteiger partial charge on any atom is -0.449 e. The second-order valence-corrected chi connectivity index (χ2v) is 5.85. The SMILES string of the molecule is CC(C)(C)OC(=O)N1CCC[C@H]1CCC(=O)OCCl. The Morgan fingerprint density at radius 2 is 2.05 bits per heavy atom. The monoisotopic (exact) mass is 291 g/mol. The average molecular weight is 292 g/mol. The van der Waals surface area contributed by atoms with Crippen LogP contribution in [0.2, 0.25) is 0 Å². The number of likely N-dealkylation sites (tertiary alicyclic amines) is 1. The molecule has 1 aliphatic rings. The topological polar surface area (TPSA) is 55.8 Å². The van der Waals surface area contributed by atoms with Crippen molar-refractivity contribution in [2.24, 2.45) is 0 Å². The van der Waals surface area contributed by atoms with Crippen molar-refractivity contribution in [3.8, 4) is 0 Å². The molecule has 110 valence electrons. The number of amides is 1. The third kappa shape index (κ3) is 5.68. The van der Waals surface area contributed by atoms with Gasteiger partial charge in [-0.2, -0.15) is 0 Å². The van der Waals surface area contributed by atoms with E-state index in [0.717, 1.165) is 12.8 Å². The Hall–Kier alpha value is -0.970. The molecule has 0 saturated carbocycles. The zero-order valence-corrected chi connectivity index (χ0v) is 12.5. The number of rotatable bonds is 4. The summed E-state index contributed by atoms with van der Waals surface area (Å²) in [5.74, 6) is -0.328. The summed E-state index contributed by atoms with van der Waals surface area (Å²) in [5, 5.41) is 0. The first-order valence-electron chi connectivity index (χ1n) is 6.54. The lowest BCUT2D eigenvalue weighted by atomic mass is 10.1. The molecule has 0 bridgehead atoms. The van der Waals surface area contributed by atoms with Crippen LogP contribution in [0.4, 0.5) is 4.79 Å². The smallest absolute Gasteiger partial charge is 0.410 e.